The molecule has 0 aromatic carbocycles. The molecule has 1 aromatic rings. The van der Waals surface area contributed by atoms with Gasteiger partial charge < -0.3 is 15.7 Å². The first kappa shape index (κ1) is 15.5. The largest absolute Gasteiger partial charge is 0.388 e. The fourth-order valence-electron chi connectivity index (χ4n) is 2.59. The first-order chi connectivity index (χ1) is 9.85. The quantitative estimate of drug-likeness (QED) is 0.621. The number of aromatic amines is 1. The number of piperidine rings is 1. The zero-order valence-electron chi connectivity index (χ0n) is 11.9. The van der Waals surface area contributed by atoms with Gasteiger partial charge in [-0.25, -0.2) is 4.79 Å². The standard InChI is InChI=1S/C13H20N4O4/c1-13(21)4-7-16(11(19)2-5-14)8-9(13)17-6-3-10(18)15-12(17)20/h3,6,9,21H,2,4-5,7-8,14H2,1H3,(H,15,18,20)/t9-,13-/m1/s1. The topological polar surface area (TPSA) is 121 Å². The van der Waals surface area contributed by atoms with Gasteiger partial charge in [0, 0.05) is 38.3 Å². The van der Waals surface area contributed by atoms with E-state index < -0.39 is 22.9 Å². The number of rotatable bonds is 3. The number of nitrogens with two attached hydrogens (primary N) is 1. The Morgan fingerprint density at radius 2 is 2.29 bits per heavy atom. The zero-order chi connectivity index (χ0) is 15.6. The molecule has 0 radical (unpaired) electrons. The number of nitrogens with one attached hydrogen (secondary N) is 1. The van der Waals surface area contributed by atoms with Crippen molar-refractivity contribution in [1.82, 2.24) is 14.5 Å². The minimum Gasteiger partial charge on any atom is -0.388 e. The van der Waals surface area contributed by atoms with E-state index in [0.29, 0.717) is 13.0 Å². The third kappa shape index (κ3) is 3.22. The van der Waals surface area contributed by atoms with Gasteiger partial charge in [0.05, 0.1) is 11.6 Å². The number of carbonyl (C=O) groups is 1. The summed E-state index contributed by atoms with van der Waals surface area (Å²) in [5, 5.41) is 10.5. The summed E-state index contributed by atoms with van der Waals surface area (Å²) in [7, 11) is 0. The Labute approximate surface area is 121 Å². The molecule has 1 aliphatic rings. The summed E-state index contributed by atoms with van der Waals surface area (Å²) in [6, 6.07) is 0.607. The van der Waals surface area contributed by atoms with Crippen LogP contribution >= 0.6 is 0 Å². The Kier molecular flexibility index (Phi) is 4.29. The van der Waals surface area contributed by atoms with Crippen molar-refractivity contribution >= 4 is 5.91 Å². The van der Waals surface area contributed by atoms with Crippen molar-refractivity contribution in [2.45, 2.75) is 31.4 Å². The number of amides is 1. The van der Waals surface area contributed by atoms with Crippen LogP contribution in [0.15, 0.2) is 21.9 Å². The van der Waals surface area contributed by atoms with Gasteiger partial charge in [-0.3, -0.25) is 19.1 Å². The smallest absolute Gasteiger partial charge is 0.328 e. The summed E-state index contributed by atoms with van der Waals surface area (Å²) >= 11 is 0. The molecule has 0 spiro atoms. The maximum atomic E-state index is 11.9. The molecular weight excluding hydrogens is 276 g/mol. The van der Waals surface area contributed by atoms with Crippen molar-refractivity contribution in [3.8, 4) is 0 Å². The van der Waals surface area contributed by atoms with Crippen LogP contribution in [-0.2, 0) is 4.79 Å². The van der Waals surface area contributed by atoms with Crippen LogP contribution in [-0.4, -0.2) is 50.7 Å². The van der Waals surface area contributed by atoms with Crippen LogP contribution in [0.25, 0.3) is 0 Å². The highest BCUT2D eigenvalue weighted by atomic mass is 16.3. The minimum atomic E-state index is -1.14. The van der Waals surface area contributed by atoms with Crippen molar-refractivity contribution in [3.63, 3.8) is 0 Å². The van der Waals surface area contributed by atoms with Crippen LogP contribution < -0.4 is 17.0 Å². The Hall–Kier alpha value is -1.93. The lowest BCUT2D eigenvalue weighted by atomic mass is 9.88. The lowest BCUT2D eigenvalue weighted by Gasteiger charge is -2.43. The zero-order valence-corrected chi connectivity index (χ0v) is 11.9. The first-order valence-corrected chi connectivity index (χ1v) is 6.87. The van der Waals surface area contributed by atoms with E-state index in [1.807, 2.05) is 0 Å². The minimum absolute atomic E-state index is 0.101. The van der Waals surface area contributed by atoms with Crippen molar-refractivity contribution in [2.24, 2.45) is 5.73 Å². The predicted molar refractivity (Wildman–Crippen MR) is 75.9 cm³/mol. The molecule has 21 heavy (non-hydrogen) atoms. The number of aliphatic hydroxyl groups is 1. The summed E-state index contributed by atoms with van der Waals surface area (Å²) in [6.45, 7) is 2.51. The lowest BCUT2D eigenvalue weighted by Crippen LogP contribution is -2.55. The molecule has 0 aliphatic carbocycles. The van der Waals surface area contributed by atoms with Crippen molar-refractivity contribution in [1.29, 1.82) is 0 Å². The first-order valence-electron chi connectivity index (χ1n) is 6.87. The second kappa shape index (κ2) is 5.82. The number of H-pyrrole nitrogens is 1. The van der Waals surface area contributed by atoms with Crippen molar-refractivity contribution in [3.05, 3.63) is 33.1 Å². The summed E-state index contributed by atoms with van der Waals surface area (Å²) in [6.07, 6.45) is 1.92. The Morgan fingerprint density at radius 1 is 1.57 bits per heavy atom. The van der Waals surface area contributed by atoms with Crippen LogP contribution in [0.2, 0.25) is 0 Å². The predicted octanol–water partition coefficient (Wildman–Crippen LogP) is -1.59. The number of aromatic nitrogens is 2. The molecule has 1 aliphatic heterocycles. The van der Waals surface area contributed by atoms with E-state index in [9.17, 15) is 19.5 Å². The van der Waals surface area contributed by atoms with E-state index in [4.69, 9.17) is 5.73 Å². The molecule has 0 saturated carbocycles. The van der Waals surface area contributed by atoms with Gasteiger partial charge >= 0.3 is 5.69 Å². The Balaban J connectivity index is 2.31. The summed E-state index contributed by atoms with van der Waals surface area (Å²) < 4.78 is 1.27. The van der Waals surface area contributed by atoms with E-state index in [-0.39, 0.29) is 25.4 Å². The third-order valence-corrected chi connectivity index (χ3v) is 3.90. The van der Waals surface area contributed by atoms with Gasteiger partial charge in [-0.05, 0) is 13.3 Å². The molecule has 0 bridgehead atoms. The molecule has 1 fully saturated rings. The molecule has 8 nitrogen and oxygen atoms in total. The maximum absolute atomic E-state index is 11.9. The monoisotopic (exact) mass is 296 g/mol. The SMILES string of the molecule is C[C@@]1(O)CCN(C(=O)CCN)C[C@H]1n1ccc(=O)[nH]c1=O. The number of likely N-dealkylation sites (tertiary alicyclic amines) is 1. The summed E-state index contributed by atoms with van der Waals surface area (Å²) in [5.74, 6) is -0.101. The normalized spacial score (nSPS) is 25.9. The van der Waals surface area contributed by atoms with Crippen molar-refractivity contribution < 1.29 is 9.90 Å². The number of nitrogens with zero attached hydrogens (tertiary/aromatic N) is 2. The van der Waals surface area contributed by atoms with E-state index in [0.717, 1.165) is 0 Å². The molecule has 2 heterocycles. The molecule has 116 valence electrons. The van der Waals surface area contributed by atoms with E-state index >= 15 is 0 Å². The molecule has 4 N–H and O–H groups in total. The highest BCUT2D eigenvalue weighted by Gasteiger charge is 2.40. The molecule has 0 unspecified atom stereocenters. The maximum Gasteiger partial charge on any atom is 0.328 e. The van der Waals surface area contributed by atoms with Crippen LogP contribution in [0, 0.1) is 0 Å². The van der Waals surface area contributed by atoms with Crippen LogP contribution in [0.1, 0.15) is 25.8 Å². The highest BCUT2D eigenvalue weighted by Crippen LogP contribution is 2.30. The lowest BCUT2D eigenvalue weighted by molar-refractivity contribution is -0.137. The molecular formula is C13H20N4O4. The van der Waals surface area contributed by atoms with Crippen LogP contribution in [0.5, 0.6) is 0 Å². The van der Waals surface area contributed by atoms with Gasteiger partial charge in [-0.1, -0.05) is 0 Å². The molecule has 2 atom stereocenters. The van der Waals surface area contributed by atoms with E-state index in [2.05, 4.69) is 4.98 Å². The summed E-state index contributed by atoms with van der Waals surface area (Å²) in [4.78, 5) is 38.7. The third-order valence-electron chi connectivity index (χ3n) is 3.90. The van der Waals surface area contributed by atoms with Gasteiger partial charge in [0.25, 0.3) is 5.56 Å². The molecule has 1 aromatic heterocycles. The van der Waals surface area contributed by atoms with Gasteiger partial charge in [0.2, 0.25) is 5.91 Å². The number of hydrogen-bond acceptors (Lipinski definition) is 5. The average molecular weight is 296 g/mol. The highest BCUT2D eigenvalue weighted by molar-refractivity contribution is 5.76. The van der Waals surface area contributed by atoms with Gasteiger partial charge in [0.1, 0.15) is 0 Å². The second-order valence-corrected chi connectivity index (χ2v) is 5.52. The number of carbonyl (C=O) groups excluding carboxylic acids is 1. The van der Waals surface area contributed by atoms with Gasteiger partial charge in [0.15, 0.2) is 0 Å². The fourth-order valence-corrected chi connectivity index (χ4v) is 2.59. The average Bonchev–Trinajstić information content (AvgIpc) is 2.39. The molecule has 2 rings (SSSR count). The molecule has 1 amide bonds. The Bertz CT molecular complexity index is 634. The Morgan fingerprint density at radius 3 is 2.90 bits per heavy atom. The molecule has 1 saturated heterocycles. The van der Waals surface area contributed by atoms with Gasteiger partial charge in [-0.15, -0.1) is 0 Å². The van der Waals surface area contributed by atoms with Crippen LogP contribution in [0.3, 0.4) is 0 Å². The van der Waals surface area contributed by atoms with E-state index in [1.54, 1.807) is 11.8 Å². The second-order valence-electron chi connectivity index (χ2n) is 5.52. The fraction of sp³-hybridized carbons (Fsp3) is 0.615. The van der Waals surface area contributed by atoms with Crippen LogP contribution in [0.4, 0.5) is 0 Å². The van der Waals surface area contributed by atoms with Crippen molar-refractivity contribution in [2.75, 3.05) is 19.6 Å². The summed E-state index contributed by atoms with van der Waals surface area (Å²) in [5.41, 5.74) is 3.15. The van der Waals surface area contributed by atoms with Gasteiger partial charge in [-0.2, -0.15) is 0 Å². The molecule has 8 heteroatoms. The van der Waals surface area contributed by atoms with E-state index in [1.165, 1.54) is 16.8 Å². The number of hydrogen-bond donors (Lipinski definition) is 3.